The molecular weight excluding hydrogens is 349 g/mol. The van der Waals surface area contributed by atoms with E-state index in [-0.39, 0.29) is 102 Å². The molecule has 0 saturated heterocycles. The number of rotatable bonds is 0. The SMILES string of the molecule is O.O.[Cs+].[H-].[W]. The van der Waals surface area contributed by atoms with Gasteiger partial charge >= 0.3 is 68.9 Å². The molecule has 0 aliphatic rings. The zero-order valence-electron chi connectivity index (χ0n) is 3.41. The fraction of sp³-hybridized carbons (Fsp3) is 0. The van der Waals surface area contributed by atoms with Crippen molar-refractivity contribution in [1.29, 1.82) is 0 Å². The van der Waals surface area contributed by atoms with Gasteiger partial charge in [0.25, 0.3) is 0 Å². The minimum atomic E-state index is 0. The van der Waals surface area contributed by atoms with Crippen molar-refractivity contribution in [3.63, 3.8) is 0 Å². The summed E-state index contributed by atoms with van der Waals surface area (Å²) in [6, 6.07) is 0. The fourth-order valence-corrected chi connectivity index (χ4v) is 0. The van der Waals surface area contributed by atoms with Gasteiger partial charge in [0.2, 0.25) is 0 Å². The van der Waals surface area contributed by atoms with Crippen LogP contribution in [0.1, 0.15) is 1.43 Å². The molecule has 0 aromatic carbocycles. The molecule has 0 aromatic rings. The summed E-state index contributed by atoms with van der Waals surface area (Å²) < 4.78 is 0. The van der Waals surface area contributed by atoms with Crippen LogP contribution in [0.2, 0.25) is 0 Å². The summed E-state index contributed by atoms with van der Waals surface area (Å²) in [6.07, 6.45) is 0. The van der Waals surface area contributed by atoms with Crippen molar-refractivity contribution in [2.24, 2.45) is 0 Å². The van der Waals surface area contributed by atoms with E-state index in [1.165, 1.54) is 0 Å². The molecule has 0 saturated carbocycles. The van der Waals surface area contributed by atoms with E-state index in [1.807, 2.05) is 0 Å². The molecule has 0 unspecified atom stereocenters. The fourth-order valence-electron chi connectivity index (χ4n) is 0. The second-order valence-electron chi connectivity index (χ2n) is 0. The van der Waals surface area contributed by atoms with Gasteiger partial charge in [-0.1, -0.05) is 0 Å². The largest absolute Gasteiger partial charge is 1.00 e. The molecule has 0 bridgehead atoms. The molecule has 0 fully saturated rings. The van der Waals surface area contributed by atoms with E-state index in [0.29, 0.717) is 0 Å². The molecule has 0 radical (unpaired) electrons. The van der Waals surface area contributed by atoms with Gasteiger partial charge in [0.05, 0.1) is 0 Å². The van der Waals surface area contributed by atoms with Gasteiger partial charge in [0.1, 0.15) is 0 Å². The minimum absolute atomic E-state index is 0. The van der Waals surface area contributed by atoms with Crippen LogP contribution in [0.15, 0.2) is 0 Å². The number of hydrogen-bond acceptors (Lipinski definition) is 0. The van der Waals surface area contributed by atoms with Gasteiger partial charge in [-0.2, -0.15) is 0 Å². The van der Waals surface area contributed by atoms with Crippen LogP contribution in [0.25, 0.3) is 0 Å². The van der Waals surface area contributed by atoms with E-state index < -0.39 is 0 Å². The molecule has 24 valence electrons. The van der Waals surface area contributed by atoms with Crippen LogP contribution in [0.4, 0.5) is 0 Å². The maximum absolute atomic E-state index is 0. The van der Waals surface area contributed by atoms with E-state index in [1.54, 1.807) is 0 Å². The molecule has 0 amide bonds. The van der Waals surface area contributed by atoms with Crippen molar-refractivity contribution in [3.05, 3.63) is 0 Å². The Morgan fingerprint density at radius 1 is 1.00 bits per heavy atom. The quantitative estimate of drug-likeness (QED) is 0.421. The summed E-state index contributed by atoms with van der Waals surface area (Å²) in [7, 11) is 0. The number of hydrogen-bond donors (Lipinski definition) is 0. The molecule has 0 rings (SSSR count). The topological polar surface area (TPSA) is 63.0 Å². The van der Waals surface area contributed by atoms with Gasteiger partial charge in [-0.15, -0.1) is 0 Å². The van der Waals surface area contributed by atoms with Crippen LogP contribution < -0.4 is 68.9 Å². The Balaban J connectivity index is 0. The Bertz CT molecular complexity index is 9.61. The standard InChI is InChI=1S/Cs.2H2O.W.H/h;2*1H2;;/q+1;;;;-1. The van der Waals surface area contributed by atoms with Gasteiger partial charge < -0.3 is 12.4 Å². The summed E-state index contributed by atoms with van der Waals surface area (Å²) in [6.45, 7) is 0. The first-order chi connectivity index (χ1) is 0. The van der Waals surface area contributed by atoms with Gasteiger partial charge in [0, 0.05) is 21.1 Å². The Morgan fingerprint density at radius 3 is 1.00 bits per heavy atom. The summed E-state index contributed by atoms with van der Waals surface area (Å²) >= 11 is 0. The Hall–Kier alpha value is 2.66. The predicted octanol–water partition coefficient (Wildman–Crippen LogP) is -4.54. The van der Waals surface area contributed by atoms with Gasteiger partial charge in [0.15, 0.2) is 0 Å². The summed E-state index contributed by atoms with van der Waals surface area (Å²) in [5.41, 5.74) is 0. The zero-order chi connectivity index (χ0) is 0. The summed E-state index contributed by atoms with van der Waals surface area (Å²) in [4.78, 5) is 0. The molecule has 4 N–H and O–H groups in total. The first-order valence-electron chi connectivity index (χ1n) is 0. The predicted molar refractivity (Wildman–Crippen MR) is 8.34 cm³/mol. The molecule has 4 heavy (non-hydrogen) atoms. The van der Waals surface area contributed by atoms with Crippen LogP contribution in [0.3, 0.4) is 0 Å². The van der Waals surface area contributed by atoms with E-state index in [2.05, 4.69) is 0 Å². The Labute approximate surface area is 99.5 Å². The van der Waals surface area contributed by atoms with E-state index in [9.17, 15) is 0 Å². The van der Waals surface area contributed by atoms with Gasteiger partial charge in [-0.3, -0.25) is 0 Å². The van der Waals surface area contributed by atoms with Crippen molar-refractivity contribution in [2.75, 3.05) is 0 Å². The van der Waals surface area contributed by atoms with Crippen molar-refractivity contribution in [1.82, 2.24) is 0 Å². The first kappa shape index (κ1) is 30.2. The molecule has 0 heterocycles. The van der Waals surface area contributed by atoms with Crippen LogP contribution in [0, 0.1) is 0 Å². The average molecular weight is 354 g/mol. The van der Waals surface area contributed by atoms with Crippen molar-refractivity contribution in [3.8, 4) is 0 Å². The molecule has 0 aliphatic carbocycles. The van der Waals surface area contributed by atoms with Crippen molar-refractivity contribution >= 4 is 0 Å². The van der Waals surface area contributed by atoms with Gasteiger partial charge in [-0.25, -0.2) is 0 Å². The second kappa shape index (κ2) is 17.4. The first-order valence-corrected chi connectivity index (χ1v) is 0. The third kappa shape index (κ3) is 8.82. The maximum Gasteiger partial charge on any atom is 1.00 e. The normalized spacial score (nSPS) is 0. The molecule has 2 nitrogen and oxygen atoms in total. The van der Waals surface area contributed by atoms with Crippen LogP contribution in [-0.2, 0) is 21.1 Å². The molecule has 0 aromatic heterocycles. The van der Waals surface area contributed by atoms with Crippen LogP contribution in [0.5, 0.6) is 0 Å². The molecule has 0 atom stereocenters. The Morgan fingerprint density at radius 2 is 1.00 bits per heavy atom. The van der Waals surface area contributed by atoms with E-state index in [0.717, 1.165) is 0 Å². The molecule has 4 heteroatoms. The summed E-state index contributed by atoms with van der Waals surface area (Å²) in [5.74, 6) is 0. The van der Waals surface area contributed by atoms with Crippen molar-refractivity contribution in [2.45, 2.75) is 0 Å². The van der Waals surface area contributed by atoms with Crippen molar-refractivity contribution < 1.29 is 102 Å². The maximum atomic E-state index is 0. The minimum Gasteiger partial charge on any atom is -1.00 e. The second-order valence-corrected chi connectivity index (χ2v) is 0. The molecule has 0 spiro atoms. The molecule has 0 aliphatic heterocycles. The zero-order valence-corrected chi connectivity index (χ0v) is 11.6. The average Bonchev–Trinajstić information content (AvgIpc) is 0. The monoisotopic (exact) mass is 354 g/mol. The summed E-state index contributed by atoms with van der Waals surface area (Å²) in [5, 5.41) is 0. The smallest absolute Gasteiger partial charge is 1.00 e. The van der Waals surface area contributed by atoms with E-state index in [4.69, 9.17) is 0 Å². The van der Waals surface area contributed by atoms with E-state index >= 15 is 0 Å². The third-order valence-electron chi connectivity index (χ3n) is 0. The third-order valence-corrected chi connectivity index (χ3v) is 0. The van der Waals surface area contributed by atoms with Gasteiger partial charge in [-0.05, 0) is 0 Å². The molecular formula is H5CsO2W. The van der Waals surface area contributed by atoms with Crippen LogP contribution >= 0.6 is 0 Å². The Kier molecular flexibility index (Phi) is 131. The van der Waals surface area contributed by atoms with Crippen LogP contribution in [-0.4, -0.2) is 11.0 Å².